The topological polar surface area (TPSA) is 97.8 Å². The van der Waals surface area contributed by atoms with Gasteiger partial charge in [0.05, 0.1) is 36.0 Å². The predicted octanol–water partition coefficient (Wildman–Crippen LogP) is 2.45. The first-order valence-corrected chi connectivity index (χ1v) is 11.0. The van der Waals surface area contributed by atoms with Crippen molar-refractivity contribution in [3.63, 3.8) is 0 Å². The second-order valence-electron chi connectivity index (χ2n) is 5.31. The van der Waals surface area contributed by atoms with Gasteiger partial charge in [-0.3, -0.25) is 4.39 Å². The van der Waals surface area contributed by atoms with E-state index in [9.17, 15) is 34.3 Å². The first kappa shape index (κ1) is 23.5. The molecule has 0 saturated heterocycles. The predicted molar refractivity (Wildman–Crippen MR) is 94.0 cm³/mol. The molecule has 7 nitrogen and oxygen atoms in total. The SMILES string of the molecule is COC(=O)c1c(F)ccc(N(CCCS(=O)(=O)CCCF)S(=O)(=O)F)c1Cl. The Hall–Kier alpha value is -1.53. The van der Waals surface area contributed by atoms with Crippen LogP contribution in [0.5, 0.6) is 0 Å². The Morgan fingerprint density at radius 1 is 1.19 bits per heavy atom. The summed E-state index contributed by atoms with van der Waals surface area (Å²) in [5.74, 6) is -3.28. The minimum atomic E-state index is -5.42. The van der Waals surface area contributed by atoms with Crippen LogP contribution in [0.15, 0.2) is 12.1 Å². The van der Waals surface area contributed by atoms with Crippen molar-refractivity contribution in [1.29, 1.82) is 0 Å². The highest BCUT2D eigenvalue weighted by Crippen LogP contribution is 2.33. The molecule has 0 atom stereocenters. The van der Waals surface area contributed by atoms with Crippen LogP contribution in [0.25, 0.3) is 0 Å². The lowest BCUT2D eigenvalue weighted by atomic mass is 10.2. The number of ether oxygens (including phenoxy) is 1. The molecular formula is C14H17ClF3NO6S2. The summed E-state index contributed by atoms with van der Waals surface area (Å²) in [6.45, 7) is -1.48. The first-order valence-electron chi connectivity index (χ1n) is 7.49. The van der Waals surface area contributed by atoms with Gasteiger partial charge in [0.2, 0.25) is 0 Å². The molecule has 0 aliphatic heterocycles. The summed E-state index contributed by atoms with van der Waals surface area (Å²) in [4.78, 5) is 11.6. The molecule has 0 fully saturated rings. The van der Waals surface area contributed by atoms with E-state index < -0.39 is 73.0 Å². The Morgan fingerprint density at radius 2 is 1.78 bits per heavy atom. The van der Waals surface area contributed by atoms with Gasteiger partial charge < -0.3 is 4.74 Å². The van der Waals surface area contributed by atoms with E-state index >= 15 is 0 Å². The molecule has 0 saturated carbocycles. The molecule has 0 aliphatic rings. The third-order valence-corrected chi connectivity index (χ3v) is 6.51. The van der Waals surface area contributed by atoms with E-state index in [-0.39, 0.29) is 17.1 Å². The van der Waals surface area contributed by atoms with Crippen LogP contribution in [0.1, 0.15) is 23.2 Å². The lowest BCUT2D eigenvalue weighted by Crippen LogP contribution is -2.31. The number of carbonyl (C=O) groups excluding carboxylic acids is 1. The zero-order valence-corrected chi connectivity index (χ0v) is 16.5. The van der Waals surface area contributed by atoms with Gasteiger partial charge >= 0.3 is 16.4 Å². The van der Waals surface area contributed by atoms with Crippen LogP contribution in [0.4, 0.5) is 18.4 Å². The van der Waals surface area contributed by atoms with Crippen molar-refractivity contribution in [2.24, 2.45) is 0 Å². The van der Waals surface area contributed by atoms with E-state index in [2.05, 4.69) is 4.74 Å². The van der Waals surface area contributed by atoms with Gasteiger partial charge in [0, 0.05) is 6.54 Å². The van der Waals surface area contributed by atoms with E-state index in [1.165, 1.54) is 0 Å². The van der Waals surface area contributed by atoms with E-state index in [0.29, 0.717) is 6.07 Å². The molecular weight excluding hydrogens is 435 g/mol. The van der Waals surface area contributed by atoms with Crippen molar-refractivity contribution in [3.8, 4) is 0 Å². The molecule has 1 aromatic rings. The molecule has 0 aliphatic carbocycles. The Morgan fingerprint density at radius 3 is 2.30 bits per heavy atom. The van der Waals surface area contributed by atoms with Crippen molar-refractivity contribution >= 4 is 43.5 Å². The standard InChI is InChI=1S/C14H17ClF3NO6S2/c1-25-14(20)12-10(17)4-5-11(13(12)15)19(27(18,23)24)7-3-9-26(21,22)8-2-6-16/h4-5H,2-3,6-9H2,1H3. The van der Waals surface area contributed by atoms with E-state index in [4.69, 9.17) is 11.6 Å². The summed E-state index contributed by atoms with van der Waals surface area (Å²) < 4.78 is 90.3. The number of anilines is 1. The Kier molecular flexibility index (Phi) is 8.36. The highest BCUT2D eigenvalue weighted by molar-refractivity contribution is 7.91. The molecule has 1 aromatic carbocycles. The summed E-state index contributed by atoms with van der Waals surface area (Å²) >= 11 is 5.85. The Bertz CT molecular complexity index is 892. The van der Waals surface area contributed by atoms with Gasteiger partial charge in [-0.1, -0.05) is 15.5 Å². The van der Waals surface area contributed by atoms with Gasteiger partial charge in [0.1, 0.15) is 21.2 Å². The number of carbonyl (C=O) groups is 1. The normalized spacial score (nSPS) is 12.0. The van der Waals surface area contributed by atoms with E-state index in [1.54, 1.807) is 0 Å². The van der Waals surface area contributed by atoms with Crippen molar-refractivity contribution in [3.05, 3.63) is 28.5 Å². The molecule has 0 radical (unpaired) electrons. The molecule has 154 valence electrons. The second kappa shape index (κ2) is 9.60. The van der Waals surface area contributed by atoms with Crippen molar-refractivity contribution < 1.29 is 39.0 Å². The zero-order chi connectivity index (χ0) is 20.8. The van der Waals surface area contributed by atoms with Crippen LogP contribution < -0.4 is 4.31 Å². The number of hydrogen-bond donors (Lipinski definition) is 0. The number of sulfone groups is 1. The summed E-state index contributed by atoms with van der Waals surface area (Å²) in [7, 11) is -8.14. The summed E-state index contributed by atoms with van der Waals surface area (Å²) in [6.07, 6.45) is -0.543. The number of alkyl halides is 1. The minimum Gasteiger partial charge on any atom is -0.465 e. The van der Waals surface area contributed by atoms with E-state index in [0.717, 1.165) is 13.2 Å². The number of methoxy groups -OCH3 is 1. The first-order chi connectivity index (χ1) is 12.4. The number of esters is 1. The lowest BCUT2D eigenvalue weighted by Gasteiger charge is -2.22. The average Bonchev–Trinajstić information content (AvgIpc) is 2.56. The fraction of sp³-hybridized carbons (Fsp3) is 0.500. The second-order valence-corrected chi connectivity index (χ2v) is 9.26. The monoisotopic (exact) mass is 451 g/mol. The Balaban J connectivity index is 3.15. The minimum absolute atomic E-state index is 0.117. The number of rotatable bonds is 10. The molecule has 13 heteroatoms. The average molecular weight is 452 g/mol. The molecule has 0 amide bonds. The fourth-order valence-corrected chi connectivity index (χ4v) is 4.61. The smallest absolute Gasteiger partial charge is 0.399 e. The summed E-state index contributed by atoms with van der Waals surface area (Å²) in [5.41, 5.74) is -1.34. The van der Waals surface area contributed by atoms with Crippen LogP contribution in [0.2, 0.25) is 5.02 Å². The molecule has 27 heavy (non-hydrogen) atoms. The van der Waals surface area contributed by atoms with Gasteiger partial charge in [-0.05, 0) is 25.0 Å². The van der Waals surface area contributed by atoms with Crippen molar-refractivity contribution in [2.45, 2.75) is 12.8 Å². The molecule has 0 N–H and O–H groups in total. The third kappa shape index (κ3) is 6.54. The van der Waals surface area contributed by atoms with Crippen LogP contribution in [-0.2, 0) is 25.0 Å². The van der Waals surface area contributed by atoms with Gasteiger partial charge in [-0.2, -0.15) is 8.42 Å². The Labute approximate surface area is 160 Å². The number of benzene rings is 1. The number of nitrogens with zero attached hydrogens (tertiary/aromatic N) is 1. The maximum Gasteiger partial charge on any atom is 0.399 e. The number of hydrogen-bond acceptors (Lipinski definition) is 6. The summed E-state index contributed by atoms with van der Waals surface area (Å²) in [6, 6.07) is 1.53. The zero-order valence-electron chi connectivity index (χ0n) is 14.1. The summed E-state index contributed by atoms with van der Waals surface area (Å²) in [5, 5.41) is -0.705. The highest BCUT2D eigenvalue weighted by atomic mass is 35.5. The molecule has 0 aromatic heterocycles. The van der Waals surface area contributed by atoms with Crippen LogP contribution in [0.3, 0.4) is 0 Å². The third-order valence-electron chi connectivity index (χ3n) is 3.40. The molecule has 1 rings (SSSR count). The lowest BCUT2D eigenvalue weighted by molar-refractivity contribution is 0.0595. The van der Waals surface area contributed by atoms with Gasteiger partial charge in [-0.15, -0.1) is 0 Å². The van der Waals surface area contributed by atoms with Crippen LogP contribution in [-0.4, -0.2) is 54.6 Å². The maximum absolute atomic E-state index is 13.8. The van der Waals surface area contributed by atoms with E-state index in [1.807, 2.05) is 0 Å². The fourth-order valence-electron chi connectivity index (χ4n) is 2.17. The van der Waals surface area contributed by atoms with Gasteiger partial charge in [0.15, 0.2) is 0 Å². The van der Waals surface area contributed by atoms with Crippen LogP contribution in [0, 0.1) is 5.82 Å². The quantitative estimate of drug-likeness (QED) is 0.400. The largest absolute Gasteiger partial charge is 0.465 e. The molecule has 0 spiro atoms. The molecule has 0 heterocycles. The van der Waals surface area contributed by atoms with Gasteiger partial charge in [-0.25, -0.2) is 21.9 Å². The molecule has 0 bridgehead atoms. The maximum atomic E-state index is 13.8. The van der Waals surface area contributed by atoms with Crippen LogP contribution >= 0.6 is 11.6 Å². The van der Waals surface area contributed by atoms with Crippen molar-refractivity contribution in [1.82, 2.24) is 0 Å². The highest BCUT2D eigenvalue weighted by Gasteiger charge is 2.28. The van der Waals surface area contributed by atoms with Crippen molar-refractivity contribution in [2.75, 3.05) is 36.1 Å². The van der Waals surface area contributed by atoms with Gasteiger partial charge in [0.25, 0.3) is 0 Å². The molecule has 0 unspecified atom stereocenters. The number of halogens is 4.